The Bertz CT molecular complexity index is 529. The first kappa shape index (κ1) is 6.83. The Morgan fingerprint density at radius 2 is 2.23 bits per heavy atom. The Morgan fingerprint density at radius 1 is 1.31 bits per heavy atom. The lowest BCUT2D eigenvalue weighted by Crippen LogP contribution is -2.29. The van der Waals surface area contributed by atoms with E-state index >= 15 is 0 Å². The van der Waals surface area contributed by atoms with E-state index in [0.717, 1.165) is 23.5 Å². The summed E-state index contributed by atoms with van der Waals surface area (Å²) >= 11 is 0. The van der Waals surface area contributed by atoms with Gasteiger partial charge in [-0.3, -0.25) is 9.98 Å². The highest BCUT2D eigenvalue weighted by Gasteiger charge is 2.14. The van der Waals surface area contributed by atoms with Crippen molar-refractivity contribution in [3.63, 3.8) is 0 Å². The van der Waals surface area contributed by atoms with E-state index < -0.39 is 0 Å². The van der Waals surface area contributed by atoms with Crippen LogP contribution in [0.15, 0.2) is 22.1 Å². The fourth-order valence-corrected chi connectivity index (χ4v) is 1.84. The van der Waals surface area contributed by atoms with Crippen molar-refractivity contribution in [3.05, 3.63) is 22.7 Å². The minimum atomic E-state index is 0.252. The van der Waals surface area contributed by atoms with Crippen LogP contribution in [0.1, 0.15) is 6.42 Å². The predicted molar refractivity (Wildman–Crippen MR) is 49.9 cm³/mol. The van der Waals surface area contributed by atoms with Crippen LogP contribution < -0.4 is 10.6 Å². The first-order chi connectivity index (χ1) is 6.36. The minimum Gasteiger partial charge on any atom is -0.506 e. The van der Waals surface area contributed by atoms with Crippen LogP contribution in [0.3, 0.4) is 0 Å². The molecule has 0 saturated carbocycles. The Hall–Kier alpha value is -1.64. The molecule has 2 aliphatic rings. The highest BCUT2D eigenvalue weighted by molar-refractivity contribution is 6.07. The van der Waals surface area contributed by atoms with Crippen LogP contribution in [-0.2, 0) is 0 Å². The average Bonchev–Trinajstić information content (AvgIpc) is 2.57. The topological polar surface area (TPSA) is 45.0 Å². The molecule has 0 aliphatic carbocycles. The Balaban J connectivity index is 2.59. The number of aromatic hydroxyl groups is 1. The number of phenols is 1. The predicted octanol–water partition coefficient (Wildman–Crippen LogP) is 0.282. The lowest BCUT2D eigenvalue weighted by atomic mass is 10.1. The minimum absolute atomic E-state index is 0.252. The molecule has 0 bridgehead atoms. The van der Waals surface area contributed by atoms with Gasteiger partial charge in [-0.2, -0.15) is 0 Å². The van der Waals surface area contributed by atoms with Crippen molar-refractivity contribution in [2.75, 3.05) is 6.54 Å². The van der Waals surface area contributed by atoms with Crippen LogP contribution in [0.2, 0.25) is 0 Å². The quantitative estimate of drug-likeness (QED) is 0.600. The summed E-state index contributed by atoms with van der Waals surface area (Å²) in [5, 5.41) is 11.5. The Morgan fingerprint density at radius 3 is 3.15 bits per heavy atom. The second kappa shape index (κ2) is 2.19. The van der Waals surface area contributed by atoms with Gasteiger partial charge in [0, 0.05) is 18.0 Å². The summed E-state index contributed by atoms with van der Waals surface area (Å²) < 4.78 is 0. The highest BCUT2D eigenvalue weighted by Crippen LogP contribution is 2.24. The average molecular weight is 172 g/mol. The first-order valence-electron chi connectivity index (χ1n) is 4.30. The van der Waals surface area contributed by atoms with Gasteiger partial charge in [0.25, 0.3) is 0 Å². The SMILES string of the molecule is Oc1ccc2c3c1N=CC=3CCN=2. The molecule has 2 aliphatic heterocycles. The zero-order valence-electron chi connectivity index (χ0n) is 6.99. The second-order valence-corrected chi connectivity index (χ2v) is 3.24. The van der Waals surface area contributed by atoms with Crippen LogP contribution >= 0.6 is 0 Å². The number of hydrogen-bond acceptors (Lipinski definition) is 3. The molecule has 0 radical (unpaired) electrons. The molecule has 13 heavy (non-hydrogen) atoms. The van der Waals surface area contributed by atoms with Crippen molar-refractivity contribution in [2.24, 2.45) is 9.98 Å². The molecule has 3 nitrogen and oxygen atoms in total. The van der Waals surface area contributed by atoms with Crippen LogP contribution in [0.5, 0.6) is 5.75 Å². The van der Waals surface area contributed by atoms with E-state index in [1.54, 1.807) is 6.07 Å². The van der Waals surface area contributed by atoms with Crippen molar-refractivity contribution in [1.82, 2.24) is 0 Å². The number of benzene rings is 1. The van der Waals surface area contributed by atoms with Gasteiger partial charge in [0.05, 0.1) is 5.36 Å². The van der Waals surface area contributed by atoms with Crippen LogP contribution in [-0.4, -0.2) is 17.9 Å². The molecule has 0 unspecified atom stereocenters. The first-order valence-corrected chi connectivity index (χ1v) is 4.30. The summed E-state index contributed by atoms with van der Waals surface area (Å²) in [6.45, 7) is 0.832. The molecule has 0 fully saturated rings. The van der Waals surface area contributed by atoms with E-state index in [0.29, 0.717) is 5.69 Å². The van der Waals surface area contributed by atoms with Gasteiger partial charge in [0.2, 0.25) is 0 Å². The summed E-state index contributed by atoms with van der Waals surface area (Å²) in [5.41, 5.74) is 1.90. The van der Waals surface area contributed by atoms with Gasteiger partial charge < -0.3 is 5.11 Å². The zero-order valence-corrected chi connectivity index (χ0v) is 6.99. The normalized spacial score (nSPS) is 17.1. The van der Waals surface area contributed by atoms with Crippen molar-refractivity contribution in [2.45, 2.75) is 6.42 Å². The summed E-state index contributed by atoms with van der Waals surface area (Å²) in [7, 11) is 0. The fraction of sp³-hybridized carbons (Fsp3) is 0.200. The maximum Gasteiger partial charge on any atom is 0.141 e. The summed E-state index contributed by atoms with van der Waals surface area (Å²) in [6.07, 6.45) is 2.77. The second-order valence-electron chi connectivity index (χ2n) is 3.24. The van der Waals surface area contributed by atoms with Crippen LogP contribution in [0.4, 0.5) is 5.69 Å². The lowest BCUT2D eigenvalue weighted by molar-refractivity contribution is 0.476. The summed E-state index contributed by atoms with van der Waals surface area (Å²) in [4.78, 5) is 8.55. The van der Waals surface area contributed by atoms with E-state index in [4.69, 9.17) is 0 Å². The third-order valence-electron chi connectivity index (χ3n) is 2.47. The number of nitrogens with zero attached hydrogens (tertiary/aromatic N) is 2. The van der Waals surface area contributed by atoms with Gasteiger partial charge in [-0.1, -0.05) is 0 Å². The molecule has 0 atom stereocenters. The number of hydrogen-bond donors (Lipinski definition) is 1. The Kier molecular flexibility index (Phi) is 1.15. The molecular formula is C10H8N2O. The van der Waals surface area contributed by atoms with E-state index in [1.165, 1.54) is 5.57 Å². The van der Waals surface area contributed by atoms with Gasteiger partial charge in [0.1, 0.15) is 11.4 Å². The summed E-state index contributed by atoms with van der Waals surface area (Å²) in [6, 6.07) is 3.51. The van der Waals surface area contributed by atoms with E-state index in [9.17, 15) is 5.11 Å². The molecule has 3 rings (SSSR count). The molecule has 1 N–H and O–H groups in total. The van der Waals surface area contributed by atoms with Crippen molar-refractivity contribution in [1.29, 1.82) is 0 Å². The van der Waals surface area contributed by atoms with Crippen LogP contribution in [0.25, 0.3) is 5.57 Å². The van der Waals surface area contributed by atoms with Crippen LogP contribution in [0, 0.1) is 0 Å². The molecule has 3 heteroatoms. The van der Waals surface area contributed by atoms with Crippen molar-refractivity contribution in [3.8, 4) is 5.75 Å². The van der Waals surface area contributed by atoms with Crippen molar-refractivity contribution < 1.29 is 5.11 Å². The zero-order chi connectivity index (χ0) is 8.84. The highest BCUT2D eigenvalue weighted by atomic mass is 16.3. The molecule has 64 valence electrons. The lowest BCUT2D eigenvalue weighted by Gasteiger charge is -2.03. The molecule has 1 aromatic carbocycles. The third-order valence-corrected chi connectivity index (χ3v) is 2.47. The molecule has 0 aromatic heterocycles. The number of rotatable bonds is 0. The van der Waals surface area contributed by atoms with Gasteiger partial charge in [-0.05, 0) is 24.1 Å². The molecule has 0 amide bonds. The van der Waals surface area contributed by atoms with Gasteiger partial charge in [-0.25, -0.2) is 0 Å². The Labute approximate surface area is 74.8 Å². The molecule has 0 spiro atoms. The van der Waals surface area contributed by atoms with Gasteiger partial charge >= 0.3 is 0 Å². The molecule has 1 aromatic rings. The van der Waals surface area contributed by atoms with E-state index in [1.807, 2.05) is 12.3 Å². The van der Waals surface area contributed by atoms with Crippen molar-refractivity contribution >= 4 is 17.5 Å². The molecular weight excluding hydrogens is 164 g/mol. The fourth-order valence-electron chi connectivity index (χ4n) is 1.84. The van der Waals surface area contributed by atoms with E-state index in [2.05, 4.69) is 9.98 Å². The maximum absolute atomic E-state index is 9.52. The molecule has 0 saturated heterocycles. The van der Waals surface area contributed by atoms with Gasteiger partial charge in [0.15, 0.2) is 0 Å². The van der Waals surface area contributed by atoms with E-state index in [-0.39, 0.29) is 5.75 Å². The van der Waals surface area contributed by atoms with Gasteiger partial charge in [-0.15, -0.1) is 0 Å². The number of phenolic OH excluding ortho intramolecular Hbond substituents is 1. The monoisotopic (exact) mass is 172 g/mol. The maximum atomic E-state index is 9.52. The standard InChI is InChI=1S/C10H8N2O/c13-8-2-1-7-9-6(3-4-11-7)5-12-10(8)9/h1-2,5,13H,3-4H2. The molecule has 2 heterocycles. The summed E-state index contributed by atoms with van der Waals surface area (Å²) in [5.74, 6) is 0.252. The number of aliphatic imine (C=N–C) groups is 1. The third kappa shape index (κ3) is 0.786. The largest absolute Gasteiger partial charge is 0.506 e. The smallest absolute Gasteiger partial charge is 0.141 e.